The molecule has 0 fully saturated rings. The zero-order chi connectivity index (χ0) is 15.4. The van der Waals surface area contributed by atoms with Crippen LogP contribution in [0.5, 0.6) is 0 Å². The van der Waals surface area contributed by atoms with Crippen LogP contribution in [-0.2, 0) is 0 Å². The van der Waals surface area contributed by atoms with Gasteiger partial charge in [0.15, 0.2) is 0 Å². The fourth-order valence-corrected chi connectivity index (χ4v) is 3.67. The molecule has 0 radical (unpaired) electrons. The van der Waals surface area contributed by atoms with Crippen molar-refractivity contribution in [2.24, 2.45) is 5.10 Å². The molecule has 110 valence electrons. The molecule has 1 aromatic heterocycles. The van der Waals surface area contributed by atoms with E-state index in [0.717, 1.165) is 25.5 Å². The monoisotopic (exact) mass is 439 g/mol. The molecule has 6 heteroatoms. The first-order valence-electron chi connectivity index (χ1n) is 6.47. The minimum Gasteiger partial charge on any atom is -0.253 e. The summed E-state index contributed by atoms with van der Waals surface area (Å²) in [5.41, 5.74) is 5.94. The van der Waals surface area contributed by atoms with Gasteiger partial charge in [0.25, 0.3) is 0 Å². The summed E-state index contributed by atoms with van der Waals surface area (Å²) in [6.07, 6.45) is 1.73. The van der Waals surface area contributed by atoms with Crippen molar-refractivity contribution in [2.75, 3.05) is 5.43 Å². The molecule has 22 heavy (non-hydrogen) atoms. The number of thiazole rings is 1. The lowest BCUT2D eigenvalue weighted by Gasteiger charge is -1.98. The maximum Gasteiger partial charge on any atom is 0.203 e. The smallest absolute Gasteiger partial charge is 0.203 e. The van der Waals surface area contributed by atoms with Gasteiger partial charge in [-0.3, -0.25) is 5.43 Å². The van der Waals surface area contributed by atoms with E-state index < -0.39 is 0 Å². The van der Waals surface area contributed by atoms with Crippen LogP contribution in [0.15, 0.2) is 59.0 Å². The van der Waals surface area contributed by atoms with Crippen LogP contribution in [0.2, 0.25) is 5.02 Å². The molecule has 0 aliphatic rings. The van der Waals surface area contributed by atoms with Crippen LogP contribution in [-0.4, -0.2) is 11.2 Å². The van der Waals surface area contributed by atoms with Gasteiger partial charge < -0.3 is 0 Å². The summed E-state index contributed by atoms with van der Waals surface area (Å²) in [4.78, 5) is 4.51. The van der Waals surface area contributed by atoms with Crippen LogP contribution in [0, 0.1) is 3.57 Å². The minimum atomic E-state index is 0.703. The number of hydrazone groups is 1. The fraction of sp³-hybridized carbons (Fsp3) is 0. The van der Waals surface area contributed by atoms with Crippen LogP contribution < -0.4 is 5.43 Å². The first-order valence-corrected chi connectivity index (χ1v) is 8.80. The quantitative estimate of drug-likeness (QED) is 0.330. The number of hydrogen-bond acceptors (Lipinski definition) is 4. The van der Waals surface area contributed by atoms with Gasteiger partial charge in [-0.05, 0) is 46.4 Å². The van der Waals surface area contributed by atoms with Crippen LogP contribution in [0.25, 0.3) is 11.3 Å². The molecule has 1 heterocycles. The molecule has 2 aromatic carbocycles. The number of halogens is 2. The molecule has 3 aromatic rings. The summed E-state index contributed by atoms with van der Waals surface area (Å²) >= 11 is 9.77. The molecule has 0 amide bonds. The Morgan fingerprint density at radius 1 is 1.18 bits per heavy atom. The standard InChI is InChI=1S/C16H11ClIN3S/c17-13-6-11(7-14(18)8-13)9-19-21-16-20-15(10-22-16)12-4-2-1-3-5-12/h1-10H,(H,20,21). The van der Waals surface area contributed by atoms with Gasteiger partial charge in [0.05, 0.1) is 11.9 Å². The summed E-state index contributed by atoms with van der Waals surface area (Å²) in [7, 11) is 0. The Labute approximate surface area is 151 Å². The van der Waals surface area contributed by atoms with Gasteiger partial charge in [-0.15, -0.1) is 11.3 Å². The number of rotatable bonds is 4. The van der Waals surface area contributed by atoms with E-state index in [1.165, 1.54) is 11.3 Å². The topological polar surface area (TPSA) is 37.3 Å². The van der Waals surface area contributed by atoms with Gasteiger partial charge >= 0.3 is 0 Å². The molecule has 0 spiro atoms. The van der Waals surface area contributed by atoms with Gasteiger partial charge in [0.1, 0.15) is 0 Å². The highest BCUT2D eigenvalue weighted by molar-refractivity contribution is 14.1. The summed E-state index contributed by atoms with van der Waals surface area (Å²) in [6.45, 7) is 0. The molecular weight excluding hydrogens is 429 g/mol. The number of hydrogen-bond donors (Lipinski definition) is 1. The van der Waals surface area contributed by atoms with Crippen molar-refractivity contribution in [3.8, 4) is 11.3 Å². The summed E-state index contributed by atoms with van der Waals surface area (Å²) in [6, 6.07) is 15.8. The van der Waals surface area contributed by atoms with Gasteiger partial charge in [-0.25, -0.2) is 4.98 Å². The predicted octanol–water partition coefficient (Wildman–Crippen LogP) is 5.51. The largest absolute Gasteiger partial charge is 0.253 e. The van der Waals surface area contributed by atoms with Crippen molar-refractivity contribution >= 4 is 56.9 Å². The van der Waals surface area contributed by atoms with Crippen LogP contribution in [0.3, 0.4) is 0 Å². The summed E-state index contributed by atoms with van der Waals surface area (Å²) in [5.74, 6) is 0. The lowest BCUT2D eigenvalue weighted by molar-refractivity contribution is 1.29. The van der Waals surface area contributed by atoms with Crippen LogP contribution in [0.4, 0.5) is 5.13 Å². The SMILES string of the molecule is Clc1cc(I)cc(C=NNc2nc(-c3ccccc3)cs2)c1. The van der Waals surface area contributed by atoms with Crippen molar-refractivity contribution in [2.45, 2.75) is 0 Å². The Hall–Kier alpha value is -1.44. The van der Waals surface area contributed by atoms with Crippen molar-refractivity contribution in [1.82, 2.24) is 4.98 Å². The molecule has 0 unspecified atom stereocenters. The number of aromatic nitrogens is 1. The van der Waals surface area contributed by atoms with Gasteiger partial charge in [0.2, 0.25) is 5.13 Å². The van der Waals surface area contributed by atoms with Gasteiger partial charge in [-0.2, -0.15) is 5.10 Å². The first-order chi connectivity index (χ1) is 10.7. The van der Waals surface area contributed by atoms with E-state index in [-0.39, 0.29) is 0 Å². The number of nitrogens with one attached hydrogen (secondary N) is 1. The molecule has 0 saturated heterocycles. The first kappa shape index (κ1) is 15.5. The van der Waals surface area contributed by atoms with Crippen LogP contribution in [0.1, 0.15) is 5.56 Å². The third-order valence-electron chi connectivity index (χ3n) is 2.83. The minimum absolute atomic E-state index is 0.703. The molecule has 1 N–H and O–H groups in total. The number of nitrogens with zero attached hydrogens (tertiary/aromatic N) is 2. The van der Waals surface area contributed by atoms with E-state index in [1.54, 1.807) is 6.21 Å². The van der Waals surface area contributed by atoms with E-state index in [2.05, 4.69) is 38.1 Å². The molecule has 0 saturated carbocycles. The number of anilines is 1. The molecule has 3 rings (SSSR count). The van der Waals surface area contributed by atoms with E-state index >= 15 is 0 Å². The molecule has 0 aliphatic heterocycles. The maximum absolute atomic E-state index is 6.02. The van der Waals surface area contributed by atoms with Crippen molar-refractivity contribution < 1.29 is 0 Å². The highest BCUT2D eigenvalue weighted by Gasteiger charge is 2.02. The summed E-state index contributed by atoms with van der Waals surface area (Å²) in [5, 5.41) is 7.68. The highest BCUT2D eigenvalue weighted by Crippen LogP contribution is 2.24. The predicted molar refractivity (Wildman–Crippen MR) is 103 cm³/mol. The molecule has 0 atom stereocenters. The fourth-order valence-electron chi connectivity index (χ4n) is 1.88. The third kappa shape index (κ3) is 4.06. The second-order valence-corrected chi connectivity index (χ2v) is 7.02. The van der Waals surface area contributed by atoms with Gasteiger partial charge in [-0.1, -0.05) is 41.9 Å². The average Bonchev–Trinajstić information content (AvgIpc) is 2.96. The molecule has 0 aliphatic carbocycles. The molecular formula is C16H11ClIN3S. The van der Waals surface area contributed by atoms with E-state index in [9.17, 15) is 0 Å². The lowest BCUT2D eigenvalue weighted by atomic mass is 10.2. The second-order valence-electron chi connectivity index (χ2n) is 4.48. The summed E-state index contributed by atoms with van der Waals surface area (Å²) < 4.78 is 1.08. The maximum atomic E-state index is 6.02. The Morgan fingerprint density at radius 2 is 2.00 bits per heavy atom. The Bertz CT molecular complexity index is 782. The highest BCUT2D eigenvalue weighted by atomic mass is 127. The van der Waals surface area contributed by atoms with E-state index in [0.29, 0.717) is 5.02 Å². The van der Waals surface area contributed by atoms with E-state index in [4.69, 9.17) is 11.6 Å². The van der Waals surface area contributed by atoms with Crippen LogP contribution >= 0.6 is 45.5 Å². The van der Waals surface area contributed by atoms with Crippen molar-refractivity contribution in [1.29, 1.82) is 0 Å². The Morgan fingerprint density at radius 3 is 2.77 bits per heavy atom. The Balaban J connectivity index is 1.69. The zero-order valence-electron chi connectivity index (χ0n) is 11.3. The molecule has 0 bridgehead atoms. The average molecular weight is 440 g/mol. The normalized spacial score (nSPS) is 11.0. The molecule has 3 nitrogen and oxygen atoms in total. The second kappa shape index (κ2) is 7.21. The number of benzene rings is 2. The van der Waals surface area contributed by atoms with Crippen molar-refractivity contribution in [3.63, 3.8) is 0 Å². The van der Waals surface area contributed by atoms with Crippen molar-refractivity contribution in [3.05, 3.63) is 68.1 Å². The van der Waals surface area contributed by atoms with Gasteiger partial charge in [0, 0.05) is 19.5 Å². The van der Waals surface area contributed by atoms with E-state index in [1.807, 2.05) is 53.9 Å². The lowest BCUT2D eigenvalue weighted by Crippen LogP contribution is -1.90. The zero-order valence-corrected chi connectivity index (χ0v) is 15.1. The third-order valence-corrected chi connectivity index (χ3v) is 4.42. The Kier molecular flexibility index (Phi) is 5.07.